The van der Waals surface area contributed by atoms with E-state index in [-0.39, 0.29) is 23.1 Å². The number of aromatic nitrogens is 1. The molecular formula is C26H23N3O2. The Bertz CT molecular complexity index is 1240. The summed E-state index contributed by atoms with van der Waals surface area (Å²) in [5, 5.41) is 19.7. The number of hydrogen-bond acceptors (Lipinski definition) is 3. The molecule has 0 radical (unpaired) electrons. The van der Waals surface area contributed by atoms with Crippen LogP contribution in [0.3, 0.4) is 0 Å². The second kappa shape index (κ2) is 7.51. The summed E-state index contributed by atoms with van der Waals surface area (Å²) in [6.07, 6.45) is 0.696. The Kier molecular flexibility index (Phi) is 4.66. The minimum absolute atomic E-state index is 0.0356. The van der Waals surface area contributed by atoms with Crippen molar-refractivity contribution in [2.45, 2.75) is 25.3 Å². The number of fused-ring (bicyclic) bond motifs is 1. The van der Waals surface area contributed by atoms with Crippen LogP contribution in [0.1, 0.15) is 24.5 Å². The molecule has 1 fully saturated rings. The zero-order valence-electron chi connectivity index (χ0n) is 17.3. The number of aryl methyl sites for hydroxylation is 1. The van der Waals surface area contributed by atoms with E-state index in [4.69, 9.17) is 0 Å². The quantitative estimate of drug-likeness (QED) is 0.412. The SMILES string of the molecule is CCn1c(O)c(N=NC(=O)[C@@H]2CC2(c2ccccc2)c2ccccc2)c2ccccc21. The predicted molar refractivity (Wildman–Crippen MR) is 121 cm³/mol. The molecule has 5 heteroatoms. The first kappa shape index (κ1) is 19.2. The van der Waals surface area contributed by atoms with E-state index in [1.54, 1.807) is 4.57 Å². The summed E-state index contributed by atoms with van der Waals surface area (Å²) in [4.78, 5) is 13.1. The minimum Gasteiger partial charge on any atom is -0.493 e. The van der Waals surface area contributed by atoms with E-state index >= 15 is 0 Å². The highest BCUT2D eigenvalue weighted by Crippen LogP contribution is 2.59. The van der Waals surface area contributed by atoms with Gasteiger partial charge in [0.2, 0.25) is 5.88 Å². The van der Waals surface area contributed by atoms with Gasteiger partial charge in [-0.1, -0.05) is 78.9 Å². The maximum absolute atomic E-state index is 13.1. The van der Waals surface area contributed by atoms with Crippen molar-refractivity contribution in [3.63, 3.8) is 0 Å². The number of aromatic hydroxyl groups is 1. The zero-order valence-corrected chi connectivity index (χ0v) is 17.3. The molecule has 1 aromatic heterocycles. The lowest BCUT2D eigenvalue weighted by Gasteiger charge is -2.17. The van der Waals surface area contributed by atoms with Crippen LogP contribution in [-0.2, 0) is 16.8 Å². The van der Waals surface area contributed by atoms with E-state index in [2.05, 4.69) is 34.5 Å². The largest absolute Gasteiger partial charge is 0.493 e. The van der Waals surface area contributed by atoms with Gasteiger partial charge in [-0.05, 0) is 30.5 Å². The fourth-order valence-corrected chi connectivity index (χ4v) is 4.70. The molecule has 5 rings (SSSR count). The number of azo groups is 1. The molecule has 5 nitrogen and oxygen atoms in total. The summed E-state index contributed by atoms with van der Waals surface area (Å²) in [7, 11) is 0. The van der Waals surface area contributed by atoms with E-state index in [1.165, 1.54) is 0 Å². The van der Waals surface area contributed by atoms with E-state index < -0.39 is 0 Å². The van der Waals surface area contributed by atoms with Crippen molar-refractivity contribution in [1.29, 1.82) is 0 Å². The summed E-state index contributed by atoms with van der Waals surface area (Å²) in [5.74, 6) is -0.503. The number of rotatable bonds is 5. The van der Waals surface area contributed by atoms with Gasteiger partial charge in [-0.15, -0.1) is 10.2 Å². The molecule has 1 saturated carbocycles. The highest BCUT2D eigenvalue weighted by molar-refractivity contribution is 5.95. The van der Waals surface area contributed by atoms with Gasteiger partial charge in [0, 0.05) is 17.3 Å². The Morgan fingerprint density at radius 2 is 1.55 bits per heavy atom. The molecule has 31 heavy (non-hydrogen) atoms. The second-order valence-electron chi connectivity index (χ2n) is 7.93. The summed E-state index contributed by atoms with van der Waals surface area (Å²) in [5.41, 5.74) is 3.06. The molecule has 1 aliphatic carbocycles. The lowest BCUT2D eigenvalue weighted by molar-refractivity contribution is -0.119. The number of carbonyl (C=O) groups excluding carboxylic acids is 1. The van der Waals surface area contributed by atoms with Crippen molar-refractivity contribution in [3.05, 3.63) is 96.1 Å². The number of nitrogens with zero attached hydrogens (tertiary/aromatic N) is 3. The Morgan fingerprint density at radius 3 is 2.16 bits per heavy atom. The van der Waals surface area contributed by atoms with E-state index in [1.807, 2.05) is 67.6 Å². The van der Waals surface area contributed by atoms with Crippen molar-refractivity contribution in [2.24, 2.45) is 16.1 Å². The Morgan fingerprint density at radius 1 is 0.968 bits per heavy atom. The van der Waals surface area contributed by atoms with Crippen LogP contribution in [0.2, 0.25) is 0 Å². The minimum atomic E-state index is -0.377. The van der Waals surface area contributed by atoms with Gasteiger partial charge in [0.05, 0.1) is 11.4 Å². The Balaban J connectivity index is 1.50. The van der Waals surface area contributed by atoms with Crippen LogP contribution in [0, 0.1) is 5.92 Å². The van der Waals surface area contributed by atoms with Gasteiger partial charge >= 0.3 is 0 Å². The molecule has 1 atom stereocenters. The van der Waals surface area contributed by atoms with Crippen molar-refractivity contribution >= 4 is 22.5 Å². The molecule has 1 aliphatic rings. The Hall–Kier alpha value is -3.73. The molecule has 4 aromatic rings. The highest BCUT2D eigenvalue weighted by Gasteiger charge is 2.60. The summed E-state index contributed by atoms with van der Waals surface area (Å²) >= 11 is 0. The maximum atomic E-state index is 13.1. The molecule has 0 spiro atoms. The fraction of sp³-hybridized carbons (Fsp3) is 0.192. The van der Waals surface area contributed by atoms with Gasteiger partial charge in [-0.25, -0.2) is 0 Å². The van der Waals surface area contributed by atoms with Gasteiger partial charge in [-0.3, -0.25) is 4.79 Å². The number of benzene rings is 3. The van der Waals surface area contributed by atoms with Crippen molar-refractivity contribution in [1.82, 2.24) is 4.57 Å². The van der Waals surface area contributed by atoms with Gasteiger partial charge in [0.15, 0.2) is 5.69 Å². The fourth-order valence-electron chi connectivity index (χ4n) is 4.70. The molecule has 3 aromatic carbocycles. The van der Waals surface area contributed by atoms with Gasteiger partial charge in [-0.2, -0.15) is 0 Å². The first-order chi connectivity index (χ1) is 15.2. The number of hydrogen-bond donors (Lipinski definition) is 1. The molecule has 1 amide bonds. The van der Waals surface area contributed by atoms with Crippen LogP contribution >= 0.6 is 0 Å². The van der Waals surface area contributed by atoms with Crippen molar-refractivity contribution in [3.8, 4) is 5.88 Å². The second-order valence-corrected chi connectivity index (χ2v) is 7.93. The number of carbonyl (C=O) groups is 1. The molecule has 1 heterocycles. The standard InChI is InChI=1S/C26H23N3O2/c1-2-29-22-16-10-9-15-20(22)23(25(29)31)27-28-24(30)21-17-26(21,18-11-5-3-6-12-18)19-13-7-4-8-14-19/h3-16,21,31H,2,17H2,1H3/t21-/m0/s1. The van der Waals surface area contributed by atoms with Gasteiger partial charge in [0.25, 0.3) is 5.91 Å². The van der Waals surface area contributed by atoms with Crippen LogP contribution in [-0.4, -0.2) is 15.6 Å². The molecule has 0 unspecified atom stereocenters. The van der Waals surface area contributed by atoms with Crippen LogP contribution in [0.5, 0.6) is 5.88 Å². The van der Waals surface area contributed by atoms with E-state index in [0.717, 1.165) is 22.0 Å². The molecule has 0 saturated heterocycles. The molecule has 154 valence electrons. The third kappa shape index (κ3) is 3.05. The molecule has 1 N–H and O–H groups in total. The summed E-state index contributed by atoms with van der Waals surface area (Å²) < 4.78 is 1.77. The van der Waals surface area contributed by atoms with Crippen LogP contribution in [0.25, 0.3) is 10.9 Å². The lowest BCUT2D eigenvalue weighted by Crippen LogP contribution is -2.16. The van der Waals surface area contributed by atoms with E-state index in [0.29, 0.717) is 18.7 Å². The van der Waals surface area contributed by atoms with Gasteiger partial charge < -0.3 is 9.67 Å². The van der Waals surface area contributed by atoms with Crippen molar-refractivity contribution in [2.75, 3.05) is 0 Å². The third-order valence-corrected chi connectivity index (χ3v) is 6.32. The normalized spacial score (nSPS) is 17.3. The topological polar surface area (TPSA) is 66.9 Å². The maximum Gasteiger partial charge on any atom is 0.269 e. The molecule has 0 bridgehead atoms. The van der Waals surface area contributed by atoms with Gasteiger partial charge in [0.1, 0.15) is 0 Å². The average Bonchev–Trinajstić information content (AvgIpc) is 3.53. The van der Waals surface area contributed by atoms with E-state index in [9.17, 15) is 9.90 Å². The number of para-hydroxylation sites is 1. The lowest BCUT2D eigenvalue weighted by atomic mass is 9.85. The smallest absolute Gasteiger partial charge is 0.269 e. The first-order valence-corrected chi connectivity index (χ1v) is 10.5. The molecular weight excluding hydrogens is 386 g/mol. The first-order valence-electron chi connectivity index (χ1n) is 10.5. The van der Waals surface area contributed by atoms with Crippen LogP contribution < -0.4 is 0 Å². The number of amides is 1. The predicted octanol–water partition coefficient (Wildman–Crippen LogP) is 5.98. The molecule has 0 aliphatic heterocycles. The van der Waals surface area contributed by atoms with Crippen molar-refractivity contribution < 1.29 is 9.90 Å². The van der Waals surface area contributed by atoms with Crippen LogP contribution in [0.15, 0.2) is 95.2 Å². The summed E-state index contributed by atoms with van der Waals surface area (Å²) in [6, 6.07) is 27.8. The van der Waals surface area contributed by atoms with Crippen LogP contribution in [0.4, 0.5) is 5.69 Å². The third-order valence-electron chi connectivity index (χ3n) is 6.32. The highest BCUT2D eigenvalue weighted by atomic mass is 16.3. The monoisotopic (exact) mass is 409 g/mol. The Labute approximate surface area is 180 Å². The summed E-state index contributed by atoms with van der Waals surface area (Å²) in [6.45, 7) is 2.56. The average molecular weight is 409 g/mol. The zero-order chi connectivity index (χ0) is 21.4.